The molecule has 0 aliphatic heterocycles. The second-order valence-corrected chi connectivity index (χ2v) is 4.10. The number of carboxylic acid groups (broad SMARTS) is 1. The van der Waals surface area contributed by atoms with Gasteiger partial charge in [0.25, 0.3) is 0 Å². The number of aliphatic carboxylic acids is 1. The van der Waals surface area contributed by atoms with Gasteiger partial charge in [0.05, 0.1) is 27.6 Å². The highest BCUT2D eigenvalue weighted by Crippen LogP contribution is 2.04. The highest BCUT2D eigenvalue weighted by atomic mass is 35.5. The fourth-order valence-corrected chi connectivity index (χ4v) is 1.10. The molecule has 0 aliphatic rings. The van der Waals surface area contributed by atoms with Gasteiger partial charge in [-0.2, -0.15) is 0 Å². The number of halogens is 1. The molecule has 0 bridgehead atoms. The summed E-state index contributed by atoms with van der Waals surface area (Å²) in [7, 11) is 5.37. The van der Waals surface area contributed by atoms with E-state index < -0.39 is 31.3 Å². The first-order chi connectivity index (χ1) is 7.42. The first-order valence-corrected chi connectivity index (χ1v) is 4.15. The quantitative estimate of drug-likeness (QED) is 0.415. The van der Waals surface area contributed by atoms with Gasteiger partial charge in [-0.3, -0.25) is 9.59 Å². The summed E-state index contributed by atoms with van der Waals surface area (Å²) in [5.41, 5.74) is 0. The zero-order valence-corrected chi connectivity index (χ0v) is 9.74. The van der Waals surface area contributed by atoms with Crippen molar-refractivity contribution in [3.63, 3.8) is 0 Å². The number of hydrogen-bond donors (Lipinski definition) is 1. The number of nitrogens with zero attached hydrogens (tertiary/aromatic N) is 1. The molecule has 6 heteroatoms. The van der Waals surface area contributed by atoms with Crippen molar-refractivity contribution in [2.24, 2.45) is 0 Å². The summed E-state index contributed by atoms with van der Waals surface area (Å²) >= 11 is 0. The first-order valence-electron chi connectivity index (χ1n) is 5.65. The lowest BCUT2D eigenvalue weighted by Crippen LogP contribution is -3.00. The average Bonchev–Trinajstić information content (AvgIpc) is 1.96. The zero-order valence-electron chi connectivity index (χ0n) is 12.0. The SMILES string of the molecule is [2H]C([2H])([2H])C(=O)O[C@H](CC(=O)O)C[N+](C)(C)C.[Cl-]. The Kier molecular flexibility index (Phi) is 4.73. The molecule has 0 aromatic carbocycles. The van der Waals surface area contributed by atoms with Crippen LogP contribution >= 0.6 is 0 Å². The van der Waals surface area contributed by atoms with Crippen molar-refractivity contribution in [3.05, 3.63) is 0 Å². The Bertz CT molecular complexity index is 301. The molecule has 0 aliphatic carbocycles. The van der Waals surface area contributed by atoms with Gasteiger partial charge in [-0.15, -0.1) is 0 Å². The Morgan fingerprint density at radius 1 is 1.47 bits per heavy atom. The van der Waals surface area contributed by atoms with E-state index in [0.29, 0.717) is 4.48 Å². The van der Waals surface area contributed by atoms with Gasteiger partial charge < -0.3 is 26.7 Å². The van der Waals surface area contributed by atoms with Gasteiger partial charge in [-0.1, -0.05) is 0 Å². The van der Waals surface area contributed by atoms with E-state index in [1.54, 1.807) is 21.1 Å². The van der Waals surface area contributed by atoms with Crippen molar-refractivity contribution in [2.45, 2.75) is 19.4 Å². The van der Waals surface area contributed by atoms with Gasteiger partial charge in [-0.25, -0.2) is 0 Å². The number of carbonyl (C=O) groups is 2. The third-order valence-corrected chi connectivity index (χ3v) is 1.43. The Morgan fingerprint density at radius 3 is 2.33 bits per heavy atom. The molecule has 0 aromatic rings. The first kappa shape index (κ1) is 10.7. The van der Waals surface area contributed by atoms with E-state index in [9.17, 15) is 9.59 Å². The minimum atomic E-state index is -2.86. The molecule has 15 heavy (non-hydrogen) atoms. The molecular formula is C9H18ClNO4. The largest absolute Gasteiger partial charge is 1.00 e. The Labute approximate surface area is 100 Å². The van der Waals surface area contributed by atoms with E-state index in [2.05, 4.69) is 0 Å². The van der Waals surface area contributed by atoms with Crippen LogP contribution in [0.4, 0.5) is 0 Å². The number of hydrogen-bond acceptors (Lipinski definition) is 3. The highest BCUT2D eigenvalue weighted by molar-refractivity contribution is 5.69. The molecule has 0 radical (unpaired) electrons. The molecule has 0 amide bonds. The molecule has 0 saturated carbocycles. The monoisotopic (exact) mass is 242 g/mol. The summed E-state index contributed by atoms with van der Waals surface area (Å²) in [6, 6.07) is 0. The van der Waals surface area contributed by atoms with Crippen molar-refractivity contribution in [2.75, 3.05) is 27.7 Å². The topological polar surface area (TPSA) is 63.6 Å². The van der Waals surface area contributed by atoms with Crippen LogP contribution in [-0.2, 0) is 14.3 Å². The number of carbonyl (C=O) groups excluding carboxylic acids is 1. The predicted octanol–water partition coefficient (Wildman–Crippen LogP) is -2.90. The number of rotatable bonds is 5. The molecule has 0 heterocycles. The standard InChI is InChI=1S/C9H17NO4.ClH/c1-7(11)14-8(5-9(12)13)6-10(2,3)4;/h8H,5-6H2,1-4H3;1H/t8-;/m1./s1/i1D3;. The van der Waals surface area contributed by atoms with Crippen LogP contribution in [0.2, 0.25) is 0 Å². The second kappa shape index (κ2) is 6.63. The maximum atomic E-state index is 11.2. The highest BCUT2D eigenvalue weighted by Gasteiger charge is 2.23. The van der Waals surface area contributed by atoms with E-state index in [-0.39, 0.29) is 19.0 Å². The molecule has 0 spiro atoms. The fourth-order valence-electron chi connectivity index (χ4n) is 1.10. The lowest BCUT2D eigenvalue weighted by molar-refractivity contribution is -0.873. The molecule has 1 atom stereocenters. The number of quaternary nitrogens is 1. The molecule has 0 rings (SSSR count). The molecule has 0 saturated heterocycles. The van der Waals surface area contributed by atoms with Crippen molar-refractivity contribution >= 4 is 11.9 Å². The summed E-state index contributed by atoms with van der Waals surface area (Å²) in [6.07, 6.45) is -1.35. The molecule has 0 aromatic heterocycles. The van der Waals surface area contributed by atoms with Crippen LogP contribution in [0.15, 0.2) is 0 Å². The predicted molar refractivity (Wildman–Crippen MR) is 50.7 cm³/mol. The summed E-state index contributed by atoms with van der Waals surface area (Å²) in [4.78, 5) is 21.7. The molecular weight excluding hydrogens is 222 g/mol. The molecule has 90 valence electrons. The van der Waals surface area contributed by atoms with Crippen LogP contribution in [0.3, 0.4) is 0 Å². The number of esters is 1. The summed E-state index contributed by atoms with van der Waals surface area (Å²) in [6.45, 7) is -2.63. The van der Waals surface area contributed by atoms with Crippen LogP contribution in [-0.4, -0.2) is 55.3 Å². The average molecular weight is 243 g/mol. The molecule has 0 fully saturated rings. The minimum absolute atomic E-state index is 0. The van der Waals surface area contributed by atoms with E-state index >= 15 is 0 Å². The molecule has 5 nitrogen and oxygen atoms in total. The summed E-state index contributed by atoms with van der Waals surface area (Å²) in [5, 5.41) is 8.66. The minimum Gasteiger partial charge on any atom is -1.00 e. The van der Waals surface area contributed by atoms with Gasteiger partial charge >= 0.3 is 11.9 Å². The lowest BCUT2D eigenvalue weighted by Gasteiger charge is -2.28. The maximum absolute atomic E-state index is 11.2. The van der Waals surface area contributed by atoms with Crippen molar-refractivity contribution < 1.29 is 40.4 Å². The smallest absolute Gasteiger partial charge is 0.307 e. The van der Waals surface area contributed by atoms with Crippen LogP contribution in [0.1, 0.15) is 17.4 Å². The number of carboxylic acids is 1. The Hall–Kier alpha value is -0.810. The van der Waals surface area contributed by atoms with Crippen molar-refractivity contribution in [1.29, 1.82) is 0 Å². The van der Waals surface area contributed by atoms with Crippen LogP contribution in [0.25, 0.3) is 0 Å². The maximum Gasteiger partial charge on any atom is 0.307 e. The van der Waals surface area contributed by atoms with Gasteiger partial charge in [0.1, 0.15) is 6.54 Å². The Balaban J connectivity index is 0. The van der Waals surface area contributed by atoms with E-state index in [1.165, 1.54) is 0 Å². The van der Waals surface area contributed by atoms with Crippen LogP contribution < -0.4 is 12.4 Å². The second-order valence-electron chi connectivity index (χ2n) is 4.10. The van der Waals surface area contributed by atoms with Crippen LogP contribution in [0, 0.1) is 0 Å². The Morgan fingerprint density at radius 2 is 2.00 bits per heavy atom. The van der Waals surface area contributed by atoms with Crippen molar-refractivity contribution in [1.82, 2.24) is 0 Å². The zero-order chi connectivity index (χ0) is 13.9. The van der Waals surface area contributed by atoms with Crippen LogP contribution in [0.5, 0.6) is 0 Å². The van der Waals surface area contributed by atoms with Gasteiger partial charge in [0, 0.05) is 11.0 Å². The number of ether oxygens (including phenoxy) is 1. The third-order valence-electron chi connectivity index (χ3n) is 1.43. The van der Waals surface area contributed by atoms with E-state index in [4.69, 9.17) is 14.0 Å². The fraction of sp³-hybridized carbons (Fsp3) is 0.778. The third kappa shape index (κ3) is 11.1. The molecule has 0 unspecified atom stereocenters. The number of likely N-dealkylation sites (N-methyl/N-ethyl adjacent to an activating group) is 1. The summed E-state index contributed by atoms with van der Waals surface area (Å²) in [5.74, 6) is -2.50. The normalized spacial score (nSPS) is 16.3. The summed E-state index contributed by atoms with van der Waals surface area (Å²) < 4.78 is 25.6. The van der Waals surface area contributed by atoms with E-state index in [1.807, 2.05) is 0 Å². The van der Waals surface area contributed by atoms with Crippen molar-refractivity contribution in [3.8, 4) is 0 Å². The van der Waals surface area contributed by atoms with Gasteiger partial charge in [0.2, 0.25) is 0 Å². The van der Waals surface area contributed by atoms with Gasteiger partial charge in [-0.05, 0) is 0 Å². The van der Waals surface area contributed by atoms with Gasteiger partial charge in [0.15, 0.2) is 6.10 Å². The lowest BCUT2D eigenvalue weighted by atomic mass is 10.2. The van der Waals surface area contributed by atoms with E-state index in [0.717, 1.165) is 0 Å². The molecule has 1 N–H and O–H groups in total.